The zero-order valence-electron chi connectivity index (χ0n) is 13.4. The topological polar surface area (TPSA) is 81.2 Å². The summed E-state index contributed by atoms with van der Waals surface area (Å²) in [4.78, 5) is 24.4. The maximum atomic E-state index is 12.4. The van der Waals surface area contributed by atoms with Gasteiger partial charge in [-0.15, -0.1) is 10.2 Å². The molecule has 1 unspecified atom stereocenters. The average Bonchev–Trinajstić information content (AvgIpc) is 2.99. The second-order valence-electron chi connectivity index (χ2n) is 5.47. The summed E-state index contributed by atoms with van der Waals surface area (Å²) in [5.74, 6) is 0.116. The number of fused-ring (bicyclic) bond motifs is 1. The summed E-state index contributed by atoms with van der Waals surface area (Å²) in [6.45, 7) is 4.04. The molecule has 1 N–H and O–H groups in total. The summed E-state index contributed by atoms with van der Waals surface area (Å²) >= 11 is 2.93. The Morgan fingerprint density at radius 1 is 1.46 bits per heavy atom. The number of aryl methyl sites for hydroxylation is 1. The van der Waals surface area contributed by atoms with Crippen molar-refractivity contribution in [3.8, 4) is 0 Å². The number of carbonyl (C=O) groups excluding carboxylic acids is 2. The van der Waals surface area contributed by atoms with Crippen LogP contribution in [0.1, 0.15) is 34.8 Å². The van der Waals surface area contributed by atoms with E-state index in [0.29, 0.717) is 17.1 Å². The molecule has 0 saturated carbocycles. The van der Waals surface area contributed by atoms with Crippen LogP contribution in [0.2, 0.25) is 0 Å². The first kappa shape index (κ1) is 16.9. The molecule has 2 aromatic rings. The highest BCUT2D eigenvalue weighted by atomic mass is 32.2. The maximum Gasteiger partial charge on any atom is 0.339 e. The highest BCUT2D eigenvalue weighted by Gasteiger charge is 2.31. The van der Waals surface area contributed by atoms with E-state index in [4.69, 9.17) is 4.74 Å². The second-order valence-corrected chi connectivity index (χ2v) is 7.79. The lowest BCUT2D eigenvalue weighted by molar-refractivity contribution is -0.125. The molecular weight excluding hydrogens is 346 g/mol. The Hall–Kier alpha value is -1.93. The van der Waals surface area contributed by atoms with Crippen LogP contribution < -0.4 is 5.32 Å². The van der Waals surface area contributed by atoms with Crippen LogP contribution in [-0.2, 0) is 16.0 Å². The van der Waals surface area contributed by atoms with Gasteiger partial charge >= 0.3 is 5.97 Å². The lowest BCUT2D eigenvalue weighted by atomic mass is 9.96. The van der Waals surface area contributed by atoms with Gasteiger partial charge in [0.05, 0.1) is 5.56 Å². The summed E-state index contributed by atoms with van der Waals surface area (Å²) in [5, 5.41) is 11.1. The fourth-order valence-electron chi connectivity index (χ4n) is 2.36. The number of nitrogens with zero attached hydrogens (tertiary/aromatic N) is 2. The minimum absolute atomic E-state index is 0.366. The number of carbonyl (C=O) groups is 2. The van der Waals surface area contributed by atoms with E-state index < -0.39 is 12.1 Å². The molecule has 1 atom stereocenters. The molecule has 0 fully saturated rings. The number of hydrogen-bond acceptors (Lipinski definition) is 7. The molecule has 1 aliphatic heterocycles. The van der Waals surface area contributed by atoms with Gasteiger partial charge in [-0.3, -0.25) is 10.1 Å². The van der Waals surface area contributed by atoms with Gasteiger partial charge in [0.15, 0.2) is 10.4 Å². The molecule has 126 valence electrons. The Balaban J connectivity index is 1.67. The second kappa shape index (κ2) is 7.31. The minimum Gasteiger partial charge on any atom is -0.448 e. The van der Waals surface area contributed by atoms with Crippen molar-refractivity contribution in [2.45, 2.75) is 37.1 Å². The first-order valence-electron chi connectivity index (χ1n) is 7.64. The number of aromatic nitrogens is 2. The van der Waals surface area contributed by atoms with Crippen molar-refractivity contribution in [1.82, 2.24) is 10.2 Å². The smallest absolute Gasteiger partial charge is 0.339 e. The molecule has 0 saturated heterocycles. The number of nitrogens with one attached hydrogen (secondary N) is 1. The zero-order chi connectivity index (χ0) is 17.1. The van der Waals surface area contributed by atoms with Crippen LogP contribution in [0.4, 0.5) is 5.13 Å². The number of benzene rings is 1. The van der Waals surface area contributed by atoms with Gasteiger partial charge in [-0.05, 0) is 25.0 Å². The predicted octanol–water partition coefficient (Wildman–Crippen LogP) is 3.07. The van der Waals surface area contributed by atoms with E-state index in [1.807, 2.05) is 19.1 Å². The molecule has 6 nitrogen and oxygen atoms in total. The van der Waals surface area contributed by atoms with E-state index in [-0.39, 0.29) is 5.91 Å². The van der Waals surface area contributed by atoms with E-state index >= 15 is 0 Å². The van der Waals surface area contributed by atoms with E-state index in [1.165, 1.54) is 11.3 Å². The normalized spacial score (nSPS) is 16.4. The lowest BCUT2D eigenvalue weighted by Crippen LogP contribution is -2.38. The maximum absolute atomic E-state index is 12.4. The molecular formula is C16H17N3O3S2. The summed E-state index contributed by atoms with van der Waals surface area (Å²) < 4.78 is 6.07. The summed E-state index contributed by atoms with van der Waals surface area (Å²) in [6, 6.07) is 5.51. The molecule has 0 bridgehead atoms. The number of amides is 1. The van der Waals surface area contributed by atoms with Crippen LogP contribution in [0, 0.1) is 6.92 Å². The molecule has 3 rings (SSSR count). The Morgan fingerprint density at radius 3 is 3.08 bits per heavy atom. The van der Waals surface area contributed by atoms with Crippen LogP contribution in [0.5, 0.6) is 0 Å². The largest absolute Gasteiger partial charge is 0.448 e. The number of cyclic esters (lactones) is 1. The fraction of sp³-hybridized carbons (Fsp3) is 0.375. The standard InChI is InChI=1S/C16H17N3O3S2/c1-3-6-23-16-19-18-15(24-16)17-13(20)12-8-10-7-9(2)4-5-11(10)14(21)22-12/h4-5,7,12H,3,6,8H2,1-2H3,(H,17,18,20). The van der Waals surface area contributed by atoms with Crippen molar-refractivity contribution in [3.63, 3.8) is 0 Å². The Bertz CT molecular complexity index is 776. The Labute approximate surface area is 148 Å². The third kappa shape index (κ3) is 3.76. The summed E-state index contributed by atoms with van der Waals surface area (Å²) in [7, 11) is 0. The number of esters is 1. The molecule has 8 heteroatoms. The number of hydrogen-bond donors (Lipinski definition) is 1. The molecule has 2 heterocycles. The highest BCUT2D eigenvalue weighted by Crippen LogP contribution is 2.27. The Kier molecular flexibility index (Phi) is 5.15. The predicted molar refractivity (Wildman–Crippen MR) is 93.6 cm³/mol. The van der Waals surface area contributed by atoms with Crippen molar-refractivity contribution in [2.75, 3.05) is 11.1 Å². The van der Waals surface area contributed by atoms with Crippen molar-refractivity contribution < 1.29 is 14.3 Å². The van der Waals surface area contributed by atoms with Crippen molar-refractivity contribution in [3.05, 3.63) is 34.9 Å². The van der Waals surface area contributed by atoms with Crippen molar-refractivity contribution >= 4 is 40.1 Å². The number of anilines is 1. The van der Waals surface area contributed by atoms with E-state index in [0.717, 1.165) is 27.6 Å². The molecule has 1 aliphatic rings. The summed E-state index contributed by atoms with van der Waals surface area (Å²) in [6.07, 6.45) is 0.565. The van der Waals surface area contributed by atoms with Crippen LogP contribution in [0.25, 0.3) is 0 Å². The summed E-state index contributed by atoms with van der Waals surface area (Å²) in [5.41, 5.74) is 2.41. The number of ether oxygens (including phenoxy) is 1. The van der Waals surface area contributed by atoms with Crippen LogP contribution in [0.15, 0.2) is 22.5 Å². The van der Waals surface area contributed by atoms with Crippen LogP contribution in [0.3, 0.4) is 0 Å². The lowest BCUT2D eigenvalue weighted by Gasteiger charge is -2.23. The third-order valence-electron chi connectivity index (χ3n) is 3.49. The molecule has 0 spiro atoms. The van der Waals surface area contributed by atoms with E-state index in [1.54, 1.807) is 17.8 Å². The van der Waals surface area contributed by atoms with E-state index in [2.05, 4.69) is 22.4 Å². The van der Waals surface area contributed by atoms with Crippen LogP contribution in [-0.4, -0.2) is 33.9 Å². The van der Waals surface area contributed by atoms with Gasteiger partial charge in [-0.25, -0.2) is 4.79 Å². The first-order valence-corrected chi connectivity index (χ1v) is 9.44. The first-order chi connectivity index (χ1) is 11.6. The average molecular weight is 363 g/mol. The van der Waals surface area contributed by atoms with E-state index in [9.17, 15) is 9.59 Å². The van der Waals surface area contributed by atoms with Gasteiger partial charge in [0, 0.05) is 12.2 Å². The highest BCUT2D eigenvalue weighted by molar-refractivity contribution is 8.01. The minimum atomic E-state index is -0.845. The van der Waals surface area contributed by atoms with Crippen molar-refractivity contribution in [2.24, 2.45) is 0 Å². The van der Waals surface area contributed by atoms with Gasteiger partial charge in [0.1, 0.15) is 0 Å². The van der Waals surface area contributed by atoms with Gasteiger partial charge < -0.3 is 4.74 Å². The molecule has 1 aromatic heterocycles. The Morgan fingerprint density at radius 2 is 2.29 bits per heavy atom. The SMILES string of the molecule is CCCSc1nnc(NC(=O)C2Cc3cc(C)ccc3C(=O)O2)s1. The molecule has 1 aromatic carbocycles. The third-order valence-corrected chi connectivity index (χ3v) is 5.67. The quantitative estimate of drug-likeness (QED) is 0.499. The van der Waals surface area contributed by atoms with Gasteiger partial charge in [-0.1, -0.05) is 47.7 Å². The van der Waals surface area contributed by atoms with Gasteiger partial charge in [0.25, 0.3) is 5.91 Å². The molecule has 0 radical (unpaired) electrons. The van der Waals surface area contributed by atoms with Crippen molar-refractivity contribution in [1.29, 1.82) is 0 Å². The number of thioether (sulfide) groups is 1. The monoisotopic (exact) mass is 363 g/mol. The zero-order valence-corrected chi connectivity index (χ0v) is 15.0. The molecule has 0 aliphatic carbocycles. The van der Waals surface area contributed by atoms with Gasteiger partial charge in [-0.2, -0.15) is 0 Å². The molecule has 1 amide bonds. The fourth-order valence-corrected chi connectivity index (χ4v) is 4.04. The van der Waals surface area contributed by atoms with Crippen LogP contribution >= 0.6 is 23.1 Å². The number of rotatable bonds is 5. The molecule has 24 heavy (non-hydrogen) atoms. The van der Waals surface area contributed by atoms with Gasteiger partial charge in [0.2, 0.25) is 5.13 Å².